The monoisotopic (exact) mass is 300 g/mol. The molecule has 0 N–H and O–H groups in total. The van der Waals surface area contributed by atoms with Gasteiger partial charge in [0.15, 0.2) is 0 Å². The molecule has 2 amide bonds. The average molecular weight is 300 g/mol. The third kappa shape index (κ3) is 2.87. The van der Waals surface area contributed by atoms with E-state index in [4.69, 9.17) is 0 Å². The van der Waals surface area contributed by atoms with Gasteiger partial charge in [0.2, 0.25) is 11.8 Å². The van der Waals surface area contributed by atoms with Crippen LogP contribution in [0.4, 0.5) is 0 Å². The lowest BCUT2D eigenvalue weighted by Gasteiger charge is -2.41. The molecule has 2 fully saturated rings. The number of carbonyl (C=O) groups excluding carboxylic acids is 2. The van der Waals surface area contributed by atoms with Crippen LogP contribution in [0, 0.1) is 5.92 Å². The molecule has 4 heteroatoms. The molecule has 1 aromatic rings. The van der Waals surface area contributed by atoms with Gasteiger partial charge in [0.1, 0.15) is 0 Å². The number of likely N-dealkylation sites (tertiary alicyclic amines) is 2. The number of hydrogen-bond donors (Lipinski definition) is 0. The van der Waals surface area contributed by atoms with E-state index in [1.54, 1.807) is 4.90 Å². The minimum atomic E-state index is -0.128. The smallest absolute Gasteiger partial charge is 0.228 e. The molecule has 0 aliphatic carbocycles. The van der Waals surface area contributed by atoms with E-state index in [9.17, 15) is 9.59 Å². The van der Waals surface area contributed by atoms with E-state index in [0.717, 1.165) is 31.5 Å². The van der Waals surface area contributed by atoms with E-state index in [1.165, 1.54) is 6.42 Å². The highest BCUT2D eigenvalue weighted by molar-refractivity contribution is 5.85. The van der Waals surface area contributed by atoms with Gasteiger partial charge < -0.3 is 9.80 Å². The molecule has 1 aromatic carbocycles. The standard InChI is InChI=1S/C18H24N2O2/c1-19-16(21)11-10-15(17(19)14-8-4-2-5-9-14)18(22)20-12-6-3-7-13-20/h2,4-5,8-9,15,17H,3,6-7,10-13H2,1H3/t15-,17+/m0/s1. The molecule has 0 unspecified atom stereocenters. The molecule has 2 aliphatic rings. The summed E-state index contributed by atoms with van der Waals surface area (Å²) in [7, 11) is 1.83. The fraction of sp³-hybridized carbons (Fsp3) is 0.556. The van der Waals surface area contributed by atoms with Crippen LogP contribution in [0.1, 0.15) is 43.7 Å². The van der Waals surface area contributed by atoms with Crippen LogP contribution in [0.3, 0.4) is 0 Å². The van der Waals surface area contributed by atoms with Gasteiger partial charge in [-0.2, -0.15) is 0 Å². The molecule has 0 bridgehead atoms. The van der Waals surface area contributed by atoms with Gasteiger partial charge in [0, 0.05) is 26.6 Å². The van der Waals surface area contributed by atoms with E-state index in [1.807, 2.05) is 42.3 Å². The molecular weight excluding hydrogens is 276 g/mol. The topological polar surface area (TPSA) is 40.6 Å². The molecule has 2 aliphatic heterocycles. The highest BCUT2D eigenvalue weighted by Crippen LogP contribution is 2.37. The number of amides is 2. The Bertz CT molecular complexity index is 537. The number of nitrogens with zero attached hydrogens (tertiary/aromatic N) is 2. The van der Waals surface area contributed by atoms with Crippen molar-refractivity contribution in [1.29, 1.82) is 0 Å². The Kier molecular flexibility index (Phi) is 4.46. The van der Waals surface area contributed by atoms with Gasteiger partial charge in [-0.05, 0) is 31.2 Å². The van der Waals surface area contributed by atoms with Crippen molar-refractivity contribution in [2.75, 3.05) is 20.1 Å². The molecule has 0 spiro atoms. The maximum absolute atomic E-state index is 13.0. The SMILES string of the molecule is CN1C(=O)CC[C@H](C(=O)N2CCCCC2)[C@H]1c1ccccc1. The van der Waals surface area contributed by atoms with Gasteiger partial charge in [-0.15, -0.1) is 0 Å². The number of hydrogen-bond acceptors (Lipinski definition) is 2. The van der Waals surface area contributed by atoms with Crippen molar-refractivity contribution in [2.24, 2.45) is 5.92 Å². The predicted octanol–water partition coefficient (Wildman–Crippen LogP) is 2.61. The number of carbonyl (C=O) groups is 2. The van der Waals surface area contributed by atoms with Crippen LogP contribution in [0.15, 0.2) is 30.3 Å². The van der Waals surface area contributed by atoms with Gasteiger partial charge in [-0.1, -0.05) is 30.3 Å². The second-order valence-corrected chi connectivity index (χ2v) is 6.39. The summed E-state index contributed by atoms with van der Waals surface area (Å²) in [5.74, 6) is 0.257. The lowest BCUT2D eigenvalue weighted by molar-refractivity contribution is -0.147. The van der Waals surface area contributed by atoms with Crippen LogP contribution in [0.2, 0.25) is 0 Å². The molecule has 0 radical (unpaired) electrons. The van der Waals surface area contributed by atoms with Gasteiger partial charge >= 0.3 is 0 Å². The van der Waals surface area contributed by atoms with Crippen LogP contribution in [0.5, 0.6) is 0 Å². The molecule has 22 heavy (non-hydrogen) atoms. The van der Waals surface area contributed by atoms with Crippen molar-refractivity contribution in [3.8, 4) is 0 Å². The largest absolute Gasteiger partial charge is 0.342 e. The quantitative estimate of drug-likeness (QED) is 0.842. The third-order valence-electron chi connectivity index (χ3n) is 4.99. The lowest BCUT2D eigenvalue weighted by atomic mass is 9.83. The summed E-state index contributed by atoms with van der Waals surface area (Å²) in [6.45, 7) is 1.74. The van der Waals surface area contributed by atoms with E-state index in [0.29, 0.717) is 12.8 Å². The predicted molar refractivity (Wildman–Crippen MR) is 85.1 cm³/mol. The first kappa shape index (κ1) is 15.1. The maximum Gasteiger partial charge on any atom is 0.228 e. The molecule has 4 nitrogen and oxygen atoms in total. The lowest BCUT2D eigenvalue weighted by Crippen LogP contribution is -2.48. The summed E-state index contributed by atoms with van der Waals surface area (Å²) >= 11 is 0. The molecule has 2 heterocycles. The van der Waals surface area contributed by atoms with Gasteiger partial charge in [0.25, 0.3) is 0 Å². The molecule has 0 aromatic heterocycles. The third-order valence-corrected chi connectivity index (χ3v) is 4.99. The zero-order valence-electron chi connectivity index (χ0n) is 13.2. The fourth-order valence-corrected chi connectivity index (χ4v) is 3.75. The Morgan fingerprint density at radius 1 is 1.09 bits per heavy atom. The van der Waals surface area contributed by atoms with E-state index in [2.05, 4.69) is 0 Å². The van der Waals surface area contributed by atoms with Crippen LogP contribution >= 0.6 is 0 Å². The average Bonchev–Trinajstić information content (AvgIpc) is 2.58. The number of piperidine rings is 2. The van der Waals surface area contributed by atoms with Crippen molar-refractivity contribution in [1.82, 2.24) is 9.80 Å². The van der Waals surface area contributed by atoms with Gasteiger partial charge in [-0.25, -0.2) is 0 Å². The second kappa shape index (κ2) is 6.51. The number of benzene rings is 1. The number of rotatable bonds is 2. The summed E-state index contributed by atoms with van der Waals surface area (Å²) < 4.78 is 0. The summed E-state index contributed by atoms with van der Waals surface area (Å²) in [5.41, 5.74) is 1.06. The molecule has 0 saturated carbocycles. The van der Waals surface area contributed by atoms with Crippen molar-refractivity contribution in [2.45, 2.75) is 38.1 Å². The van der Waals surface area contributed by atoms with Crippen LogP contribution in [0.25, 0.3) is 0 Å². The second-order valence-electron chi connectivity index (χ2n) is 6.39. The Morgan fingerprint density at radius 3 is 2.45 bits per heavy atom. The van der Waals surface area contributed by atoms with Gasteiger partial charge in [-0.3, -0.25) is 9.59 Å². The van der Waals surface area contributed by atoms with Crippen LogP contribution in [-0.4, -0.2) is 41.8 Å². The summed E-state index contributed by atoms with van der Waals surface area (Å²) in [6.07, 6.45) is 4.56. The minimum Gasteiger partial charge on any atom is -0.342 e. The minimum absolute atomic E-state index is 0.108. The molecule has 2 saturated heterocycles. The summed E-state index contributed by atoms with van der Waals surface area (Å²) in [4.78, 5) is 28.9. The molecule has 118 valence electrons. The van der Waals surface area contributed by atoms with E-state index < -0.39 is 0 Å². The first-order chi connectivity index (χ1) is 10.7. The van der Waals surface area contributed by atoms with Gasteiger partial charge in [0.05, 0.1) is 12.0 Å². The van der Waals surface area contributed by atoms with Crippen molar-refractivity contribution in [3.05, 3.63) is 35.9 Å². The molecular formula is C18H24N2O2. The van der Waals surface area contributed by atoms with E-state index in [-0.39, 0.29) is 23.8 Å². The Labute approximate surface area is 132 Å². The normalized spacial score (nSPS) is 26.1. The Morgan fingerprint density at radius 2 is 1.77 bits per heavy atom. The zero-order chi connectivity index (χ0) is 15.5. The summed E-state index contributed by atoms with van der Waals surface area (Å²) in [6, 6.07) is 9.84. The van der Waals surface area contributed by atoms with Crippen molar-refractivity contribution in [3.63, 3.8) is 0 Å². The first-order valence-electron chi connectivity index (χ1n) is 8.28. The summed E-state index contributed by atoms with van der Waals surface area (Å²) in [5, 5.41) is 0. The first-order valence-corrected chi connectivity index (χ1v) is 8.28. The zero-order valence-corrected chi connectivity index (χ0v) is 13.2. The highest BCUT2D eigenvalue weighted by Gasteiger charge is 2.40. The van der Waals surface area contributed by atoms with Crippen LogP contribution < -0.4 is 0 Å². The Hall–Kier alpha value is -1.84. The molecule has 3 rings (SSSR count). The van der Waals surface area contributed by atoms with Crippen molar-refractivity contribution < 1.29 is 9.59 Å². The fourth-order valence-electron chi connectivity index (χ4n) is 3.75. The van der Waals surface area contributed by atoms with Crippen LogP contribution in [-0.2, 0) is 9.59 Å². The van der Waals surface area contributed by atoms with Crippen molar-refractivity contribution >= 4 is 11.8 Å². The highest BCUT2D eigenvalue weighted by atomic mass is 16.2. The maximum atomic E-state index is 13.0. The molecule has 2 atom stereocenters. The van der Waals surface area contributed by atoms with E-state index >= 15 is 0 Å². The Balaban J connectivity index is 1.86.